The Morgan fingerprint density at radius 2 is 1.81 bits per heavy atom. The second-order valence-corrected chi connectivity index (χ2v) is 4.33. The Morgan fingerprint density at radius 1 is 1.19 bits per heavy atom. The largest absolute Gasteiger partial charge is 0.460 e. The van der Waals surface area contributed by atoms with Crippen LogP contribution < -0.4 is 5.73 Å². The van der Waals surface area contributed by atoms with E-state index >= 15 is 0 Å². The molecule has 1 rings (SSSR count). The van der Waals surface area contributed by atoms with Crippen LogP contribution in [0.4, 0.5) is 5.69 Å². The number of pyridine rings is 1. The maximum atomic E-state index is 11.7. The zero-order valence-corrected chi connectivity index (χ0v) is 12.6. The second kappa shape index (κ2) is 10.3. The Kier molecular flexibility index (Phi) is 8.68. The first kappa shape index (κ1) is 17.6. The molecule has 0 saturated heterocycles. The van der Waals surface area contributed by atoms with Crippen molar-refractivity contribution in [2.45, 2.75) is 0 Å². The summed E-state index contributed by atoms with van der Waals surface area (Å²) in [5.41, 5.74) is 6.03. The summed E-state index contributed by atoms with van der Waals surface area (Å²) in [7, 11) is 1.61. The third-order valence-corrected chi connectivity index (χ3v) is 2.59. The van der Waals surface area contributed by atoms with Crippen LogP contribution in [0.5, 0.6) is 0 Å². The van der Waals surface area contributed by atoms with Gasteiger partial charge in [0.25, 0.3) is 0 Å². The molecule has 8 heteroatoms. The monoisotopic (exact) mass is 318 g/mol. The number of aromatic nitrogens is 1. The molecule has 21 heavy (non-hydrogen) atoms. The van der Waals surface area contributed by atoms with E-state index < -0.39 is 5.97 Å². The van der Waals surface area contributed by atoms with Crippen LogP contribution in [0.25, 0.3) is 0 Å². The molecule has 0 spiro atoms. The lowest BCUT2D eigenvalue weighted by Crippen LogP contribution is -2.15. The van der Waals surface area contributed by atoms with Crippen LogP contribution in [0.15, 0.2) is 12.3 Å². The van der Waals surface area contributed by atoms with Gasteiger partial charge in [-0.05, 0) is 6.07 Å². The lowest BCUT2D eigenvalue weighted by atomic mass is 10.2. The summed E-state index contributed by atoms with van der Waals surface area (Å²) in [5, 5.41) is 0.181. The molecule has 2 N–H and O–H groups in total. The van der Waals surface area contributed by atoms with Crippen molar-refractivity contribution in [3.63, 3.8) is 0 Å². The van der Waals surface area contributed by atoms with Crippen molar-refractivity contribution in [1.82, 2.24) is 4.98 Å². The predicted molar refractivity (Wildman–Crippen MR) is 77.5 cm³/mol. The van der Waals surface area contributed by atoms with Crippen molar-refractivity contribution >= 4 is 23.3 Å². The number of nitrogens with zero attached hydrogens (tertiary/aromatic N) is 1. The molecule has 0 aliphatic rings. The van der Waals surface area contributed by atoms with Gasteiger partial charge in [-0.1, -0.05) is 11.6 Å². The number of anilines is 1. The lowest BCUT2D eigenvalue weighted by Gasteiger charge is -2.08. The number of halogens is 1. The first-order chi connectivity index (χ1) is 10.1. The van der Waals surface area contributed by atoms with Crippen molar-refractivity contribution in [1.29, 1.82) is 0 Å². The van der Waals surface area contributed by atoms with E-state index in [0.29, 0.717) is 26.4 Å². The smallest absolute Gasteiger partial charge is 0.340 e. The molecule has 0 atom stereocenters. The summed E-state index contributed by atoms with van der Waals surface area (Å²) >= 11 is 5.69. The maximum absolute atomic E-state index is 11.7. The molecule has 0 saturated carbocycles. The summed E-state index contributed by atoms with van der Waals surface area (Å²) in [5.74, 6) is -0.559. The molecule has 0 aliphatic carbocycles. The van der Waals surface area contributed by atoms with Gasteiger partial charge in [-0.2, -0.15) is 0 Å². The van der Waals surface area contributed by atoms with Crippen LogP contribution in [0, 0.1) is 0 Å². The Balaban J connectivity index is 2.12. The Bertz CT molecular complexity index is 445. The molecule has 0 aromatic carbocycles. The fourth-order valence-corrected chi connectivity index (χ4v) is 1.51. The third kappa shape index (κ3) is 7.24. The lowest BCUT2D eigenvalue weighted by molar-refractivity contribution is 0.00574. The highest BCUT2D eigenvalue weighted by Gasteiger charge is 2.12. The molecule has 0 amide bonds. The summed E-state index contributed by atoms with van der Waals surface area (Å²) in [6, 6.07) is 1.36. The Morgan fingerprint density at radius 3 is 2.48 bits per heavy atom. The number of methoxy groups -OCH3 is 1. The van der Waals surface area contributed by atoms with E-state index in [1.54, 1.807) is 7.11 Å². The van der Waals surface area contributed by atoms with E-state index in [-0.39, 0.29) is 29.6 Å². The highest BCUT2D eigenvalue weighted by Crippen LogP contribution is 2.15. The SMILES string of the molecule is COCCOCCOCCOC(=O)c1cc(Cl)ncc1N. The van der Waals surface area contributed by atoms with Gasteiger partial charge in [-0.25, -0.2) is 9.78 Å². The molecule has 0 fully saturated rings. The van der Waals surface area contributed by atoms with Crippen LogP contribution in [0.3, 0.4) is 0 Å². The van der Waals surface area contributed by atoms with E-state index in [4.69, 9.17) is 36.3 Å². The molecule has 7 nitrogen and oxygen atoms in total. The van der Waals surface area contributed by atoms with Crippen LogP contribution >= 0.6 is 11.6 Å². The molecule has 0 aliphatic heterocycles. The minimum absolute atomic E-state index is 0.121. The zero-order chi connectivity index (χ0) is 15.5. The van der Waals surface area contributed by atoms with Crippen molar-refractivity contribution in [3.8, 4) is 0 Å². The first-order valence-electron chi connectivity index (χ1n) is 6.37. The number of carbonyl (C=O) groups is 1. The molecule has 0 bridgehead atoms. The highest BCUT2D eigenvalue weighted by atomic mass is 35.5. The standard InChI is InChI=1S/C13H19ClN2O5/c1-18-2-3-19-4-5-20-6-7-21-13(17)10-8-12(14)16-9-11(10)15/h8-9H,2-7,15H2,1H3. The molecule has 1 heterocycles. The number of hydrogen-bond acceptors (Lipinski definition) is 7. The highest BCUT2D eigenvalue weighted by molar-refractivity contribution is 6.29. The minimum Gasteiger partial charge on any atom is -0.460 e. The fourth-order valence-electron chi connectivity index (χ4n) is 1.35. The van der Waals surface area contributed by atoms with Gasteiger partial charge in [0.05, 0.1) is 50.5 Å². The number of nitrogens with two attached hydrogens (primary N) is 1. The van der Waals surface area contributed by atoms with Crippen molar-refractivity contribution in [2.24, 2.45) is 0 Å². The quantitative estimate of drug-likeness (QED) is 0.393. The topological polar surface area (TPSA) is 92.9 Å². The summed E-state index contributed by atoms with van der Waals surface area (Å²) in [4.78, 5) is 15.5. The van der Waals surface area contributed by atoms with Gasteiger partial charge in [0.1, 0.15) is 11.8 Å². The zero-order valence-electron chi connectivity index (χ0n) is 11.8. The average Bonchev–Trinajstić information content (AvgIpc) is 2.48. The minimum atomic E-state index is -0.559. The Hall–Kier alpha value is -1.41. The third-order valence-electron chi connectivity index (χ3n) is 2.39. The van der Waals surface area contributed by atoms with Gasteiger partial charge in [0, 0.05) is 7.11 Å². The maximum Gasteiger partial charge on any atom is 0.340 e. The Labute approximate surface area is 128 Å². The van der Waals surface area contributed by atoms with E-state index in [1.807, 2.05) is 0 Å². The average molecular weight is 319 g/mol. The van der Waals surface area contributed by atoms with Gasteiger partial charge in [0.2, 0.25) is 0 Å². The van der Waals surface area contributed by atoms with Crippen LogP contribution in [-0.2, 0) is 18.9 Å². The number of rotatable bonds is 10. The number of ether oxygens (including phenoxy) is 4. The van der Waals surface area contributed by atoms with Crippen LogP contribution in [0.2, 0.25) is 5.15 Å². The van der Waals surface area contributed by atoms with Crippen LogP contribution in [-0.4, -0.2) is 57.7 Å². The van der Waals surface area contributed by atoms with Gasteiger partial charge < -0.3 is 24.7 Å². The van der Waals surface area contributed by atoms with E-state index in [2.05, 4.69) is 4.98 Å². The number of esters is 1. The summed E-state index contributed by atoms with van der Waals surface area (Å²) in [6.07, 6.45) is 1.31. The van der Waals surface area contributed by atoms with Crippen molar-refractivity contribution < 1.29 is 23.7 Å². The number of carbonyl (C=O) groups excluding carboxylic acids is 1. The first-order valence-corrected chi connectivity index (χ1v) is 6.75. The molecule has 0 radical (unpaired) electrons. The summed E-state index contributed by atoms with van der Waals surface area (Å²) < 4.78 is 20.3. The van der Waals surface area contributed by atoms with Gasteiger partial charge in [-0.3, -0.25) is 0 Å². The molecule has 1 aromatic rings. The van der Waals surface area contributed by atoms with Crippen molar-refractivity contribution in [2.75, 3.05) is 52.5 Å². The normalized spacial score (nSPS) is 10.6. The molecular formula is C13H19ClN2O5. The van der Waals surface area contributed by atoms with E-state index in [1.165, 1.54) is 12.3 Å². The fraction of sp³-hybridized carbons (Fsp3) is 0.538. The molecular weight excluding hydrogens is 300 g/mol. The second-order valence-electron chi connectivity index (χ2n) is 3.95. The molecule has 1 aromatic heterocycles. The molecule has 0 unspecified atom stereocenters. The van der Waals surface area contributed by atoms with Gasteiger partial charge in [-0.15, -0.1) is 0 Å². The number of hydrogen-bond donors (Lipinski definition) is 1. The van der Waals surface area contributed by atoms with Crippen LogP contribution in [0.1, 0.15) is 10.4 Å². The van der Waals surface area contributed by atoms with E-state index in [0.717, 1.165) is 0 Å². The van der Waals surface area contributed by atoms with Crippen molar-refractivity contribution in [3.05, 3.63) is 23.0 Å². The summed E-state index contributed by atoms with van der Waals surface area (Å²) in [6.45, 7) is 2.35. The van der Waals surface area contributed by atoms with Gasteiger partial charge >= 0.3 is 5.97 Å². The molecule has 118 valence electrons. The predicted octanol–water partition coefficient (Wildman–Crippen LogP) is 1.15. The van der Waals surface area contributed by atoms with Gasteiger partial charge in [0.15, 0.2) is 0 Å². The van der Waals surface area contributed by atoms with E-state index in [9.17, 15) is 4.79 Å². The number of nitrogen functional groups attached to an aromatic ring is 1.